The van der Waals surface area contributed by atoms with E-state index in [1.165, 1.54) is 6.20 Å². The fourth-order valence-electron chi connectivity index (χ4n) is 1.55. The Hall–Kier alpha value is -0.830. The van der Waals surface area contributed by atoms with Crippen LogP contribution in [0.1, 0.15) is 32.8 Å². The minimum Gasteiger partial charge on any atom is -0.473 e. The van der Waals surface area contributed by atoms with Gasteiger partial charge in [-0.3, -0.25) is 0 Å². The molecule has 16 heavy (non-hydrogen) atoms. The maximum absolute atomic E-state index is 13.7. The Kier molecular flexibility index (Phi) is 5.00. The number of ether oxygens (including phenoxy) is 1. The SMILES string of the molecule is CC(C)CC(C)Oc1nccc(CCl)c1F. The largest absolute Gasteiger partial charge is 0.473 e. The molecule has 0 aliphatic heterocycles. The smallest absolute Gasteiger partial charge is 0.250 e. The standard InChI is InChI=1S/C12H17ClFNO/c1-8(2)6-9(3)16-12-11(14)10(7-13)4-5-15-12/h4-5,8-9H,6-7H2,1-3H3. The molecule has 1 aromatic rings. The second kappa shape index (κ2) is 6.04. The number of hydrogen-bond donors (Lipinski definition) is 0. The fourth-order valence-corrected chi connectivity index (χ4v) is 1.76. The number of aromatic nitrogens is 1. The van der Waals surface area contributed by atoms with Crippen LogP contribution in [0.25, 0.3) is 0 Å². The predicted molar refractivity (Wildman–Crippen MR) is 63.3 cm³/mol. The zero-order valence-electron chi connectivity index (χ0n) is 9.84. The molecular weight excluding hydrogens is 229 g/mol. The van der Waals surface area contributed by atoms with Crippen molar-refractivity contribution in [1.29, 1.82) is 0 Å². The third-order valence-electron chi connectivity index (χ3n) is 2.20. The van der Waals surface area contributed by atoms with E-state index in [-0.39, 0.29) is 17.9 Å². The highest BCUT2D eigenvalue weighted by Gasteiger charge is 2.13. The number of halogens is 2. The lowest BCUT2D eigenvalue weighted by atomic mass is 10.1. The van der Waals surface area contributed by atoms with Gasteiger partial charge in [-0.15, -0.1) is 11.6 Å². The highest BCUT2D eigenvalue weighted by atomic mass is 35.5. The summed E-state index contributed by atoms with van der Waals surface area (Å²) in [5.41, 5.74) is 0.420. The first-order valence-electron chi connectivity index (χ1n) is 5.40. The summed E-state index contributed by atoms with van der Waals surface area (Å²) < 4.78 is 19.2. The summed E-state index contributed by atoms with van der Waals surface area (Å²) in [5.74, 6) is 0.234. The number of rotatable bonds is 5. The molecule has 2 nitrogen and oxygen atoms in total. The molecule has 0 aliphatic rings. The van der Waals surface area contributed by atoms with Crippen molar-refractivity contribution in [3.8, 4) is 5.88 Å². The van der Waals surface area contributed by atoms with Crippen LogP contribution in [-0.4, -0.2) is 11.1 Å². The van der Waals surface area contributed by atoms with Crippen molar-refractivity contribution in [3.63, 3.8) is 0 Å². The Morgan fingerprint density at radius 1 is 1.44 bits per heavy atom. The van der Waals surface area contributed by atoms with Crippen molar-refractivity contribution < 1.29 is 9.13 Å². The first-order chi connectivity index (χ1) is 7.54. The van der Waals surface area contributed by atoms with Crippen LogP contribution in [0.15, 0.2) is 12.3 Å². The molecule has 1 aromatic heterocycles. The van der Waals surface area contributed by atoms with Crippen molar-refractivity contribution >= 4 is 11.6 Å². The molecule has 1 unspecified atom stereocenters. The zero-order chi connectivity index (χ0) is 12.1. The van der Waals surface area contributed by atoms with Crippen LogP contribution in [0.2, 0.25) is 0 Å². The van der Waals surface area contributed by atoms with Crippen LogP contribution < -0.4 is 4.74 Å². The lowest BCUT2D eigenvalue weighted by Crippen LogP contribution is -2.16. The monoisotopic (exact) mass is 245 g/mol. The maximum atomic E-state index is 13.7. The summed E-state index contributed by atoms with van der Waals surface area (Å²) in [7, 11) is 0. The summed E-state index contributed by atoms with van der Waals surface area (Å²) in [4.78, 5) is 3.88. The lowest BCUT2D eigenvalue weighted by Gasteiger charge is -2.16. The van der Waals surface area contributed by atoms with E-state index in [1.54, 1.807) is 6.07 Å². The average molecular weight is 246 g/mol. The van der Waals surface area contributed by atoms with Gasteiger partial charge in [0, 0.05) is 11.8 Å². The maximum Gasteiger partial charge on any atom is 0.250 e. The normalized spacial score (nSPS) is 12.9. The summed E-state index contributed by atoms with van der Waals surface area (Å²) in [6, 6.07) is 1.56. The molecule has 0 N–H and O–H groups in total. The zero-order valence-corrected chi connectivity index (χ0v) is 10.6. The van der Waals surface area contributed by atoms with E-state index < -0.39 is 5.82 Å². The van der Waals surface area contributed by atoms with Crippen molar-refractivity contribution in [2.45, 2.75) is 39.2 Å². The first-order valence-corrected chi connectivity index (χ1v) is 5.94. The van der Waals surface area contributed by atoms with Gasteiger partial charge in [0.15, 0.2) is 5.82 Å². The van der Waals surface area contributed by atoms with Gasteiger partial charge in [-0.2, -0.15) is 0 Å². The van der Waals surface area contributed by atoms with E-state index in [0.717, 1.165) is 6.42 Å². The quantitative estimate of drug-likeness (QED) is 0.737. The van der Waals surface area contributed by atoms with Crippen molar-refractivity contribution in [2.24, 2.45) is 5.92 Å². The average Bonchev–Trinajstić information content (AvgIpc) is 2.20. The van der Waals surface area contributed by atoms with Crippen LogP contribution in [-0.2, 0) is 5.88 Å². The molecule has 90 valence electrons. The molecular formula is C12H17ClFNO. The Balaban J connectivity index is 2.73. The van der Waals surface area contributed by atoms with E-state index in [1.807, 2.05) is 6.92 Å². The first kappa shape index (κ1) is 13.2. The lowest BCUT2D eigenvalue weighted by molar-refractivity contribution is 0.177. The molecule has 0 aliphatic carbocycles. The Bertz CT molecular complexity index is 344. The fraction of sp³-hybridized carbons (Fsp3) is 0.583. The van der Waals surface area contributed by atoms with Gasteiger partial charge in [-0.05, 0) is 25.3 Å². The van der Waals surface area contributed by atoms with Gasteiger partial charge in [0.1, 0.15) is 0 Å². The number of alkyl halides is 1. The van der Waals surface area contributed by atoms with Gasteiger partial charge in [0.2, 0.25) is 0 Å². The molecule has 0 bridgehead atoms. The molecule has 0 saturated heterocycles. The molecule has 1 atom stereocenters. The molecule has 4 heteroatoms. The number of hydrogen-bond acceptors (Lipinski definition) is 2. The Labute approximate surface area is 101 Å². The third kappa shape index (κ3) is 3.63. The Morgan fingerprint density at radius 2 is 2.12 bits per heavy atom. The molecule has 0 spiro atoms. The number of nitrogens with zero attached hydrogens (tertiary/aromatic N) is 1. The number of pyridine rings is 1. The van der Waals surface area contributed by atoms with Crippen molar-refractivity contribution in [2.75, 3.05) is 0 Å². The molecule has 0 saturated carbocycles. The van der Waals surface area contributed by atoms with Crippen molar-refractivity contribution in [1.82, 2.24) is 4.98 Å². The van der Waals surface area contributed by atoms with Gasteiger partial charge in [0.05, 0.1) is 12.0 Å². The van der Waals surface area contributed by atoms with E-state index >= 15 is 0 Å². The van der Waals surface area contributed by atoms with E-state index in [2.05, 4.69) is 18.8 Å². The third-order valence-corrected chi connectivity index (χ3v) is 2.49. The van der Waals surface area contributed by atoms with E-state index in [9.17, 15) is 4.39 Å². The van der Waals surface area contributed by atoms with Crippen LogP contribution in [0.4, 0.5) is 4.39 Å². The van der Waals surface area contributed by atoms with Crippen LogP contribution in [0.5, 0.6) is 5.88 Å². The highest BCUT2D eigenvalue weighted by molar-refractivity contribution is 6.17. The van der Waals surface area contributed by atoms with Gasteiger partial charge < -0.3 is 4.74 Å². The summed E-state index contributed by atoms with van der Waals surface area (Å²) in [5, 5.41) is 0. The molecule has 0 aromatic carbocycles. The predicted octanol–water partition coefficient (Wildman–Crippen LogP) is 3.77. The van der Waals surface area contributed by atoms with Gasteiger partial charge in [-0.25, -0.2) is 9.37 Å². The van der Waals surface area contributed by atoms with E-state index in [4.69, 9.17) is 16.3 Å². The molecule has 1 heterocycles. The van der Waals surface area contributed by atoms with Crippen LogP contribution in [0, 0.1) is 11.7 Å². The highest BCUT2D eigenvalue weighted by Crippen LogP contribution is 2.21. The molecule has 0 radical (unpaired) electrons. The van der Waals surface area contributed by atoms with Gasteiger partial charge in [0.25, 0.3) is 5.88 Å². The topological polar surface area (TPSA) is 22.1 Å². The second-order valence-electron chi connectivity index (χ2n) is 4.28. The molecule has 1 rings (SSSR count). The van der Waals surface area contributed by atoms with Gasteiger partial charge >= 0.3 is 0 Å². The van der Waals surface area contributed by atoms with E-state index in [0.29, 0.717) is 11.5 Å². The molecule has 0 amide bonds. The Morgan fingerprint density at radius 3 is 2.69 bits per heavy atom. The van der Waals surface area contributed by atoms with Crippen molar-refractivity contribution in [3.05, 3.63) is 23.6 Å². The van der Waals surface area contributed by atoms with Gasteiger partial charge in [-0.1, -0.05) is 13.8 Å². The van der Waals surface area contributed by atoms with Crippen LogP contribution >= 0.6 is 11.6 Å². The minimum atomic E-state index is -0.451. The second-order valence-corrected chi connectivity index (χ2v) is 4.55. The minimum absolute atomic E-state index is 0.0475. The molecule has 0 fully saturated rings. The van der Waals surface area contributed by atoms with Crippen LogP contribution in [0.3, 0.4) is 0 Å². The summed E-state index contributed by atoms with van der Waals surface area (Å²) in [6.07, 6.45) is 2.33. The summed E-state index contributed by atoms with van der Waals surface area (Å²) >= 11 is 5.60. The summed E-state index contributed by atoms with van der Waals surface area (Å²) in [6.45, 7) is 6.10.